The quantitative estimate of drug-likeness (QED) is 0.392. The zero-order valence-electron chi connectivity index (χ0n) is 22.0. The van der Waals surface area contributed by atoms with Gasteiger partial charge in [-0.05, 0) is 44.1 Å². The van der Waals surface area contributed by atoms with Crippen LogP contribution in [0.5, 0.6) is 0 Å². The van der Waals surface area contributed by atoms with E-state index < -0.39 is 16.1 Å². The molecule has 212 valence electrons. The summed E-state index contributed by atoms with van der Waals surface area (Å²) in [6.45, 7) is 6.34. The third-order valence-corrected chi connectivity index (χ3v) is 10.5. The highest BCUT2D eigenvalue weighted by atomic mass is 35.5. The van der Waals surface area contributed by atoms with E-state index in [-0.39, 0.29) is 40.7 Å². The number of carbonyl (C=O) groups excluding carboxylic acids is 3. The first-order chi connectivity index (χ1) is 18.1. The molecule has 0 aromatic carbocycles. The summed E-state index contributed by atoms with van der Waals surface area (Å²) in [5, 5.41) is 1.08. The molecule has 3 fully saturated rings. The topological polar surface area (TPSA) is 107 Å². The average molecular weight is 587 g/mol. The first-order valence-electron chi connectivity index (χ1n) is 13.7. The number of hydrogen-bond acceptors (Lipinski definition) is 7. The number of halogens is 1. The normalized spacial score (nSPS) is 29.3. The minimum atomic E-state index is -3.81. The summed E-state index contributed by atoms with van der Waals surface area (Å²) < 4.78 is 27.6. The number of Topliss-reactive ketones (excluding diaryl/α,β-unsaturated/α-hetero) is 1. The Morgan fingerprint density at radius 3 is 2.58 bits per heavy atom. The van der Waals surface area contributed by atoms with Crippen molar-refractivity contribution < 1.29 is 22.8 Å². The van der Waals surface area contributed by atoms with E-state index >= 15 is 0 Å². The van der Waals surface area contributed by atoms with Gasteiger partial charge in [0.25, 0.3) is 0 Å². The minimum Gasteiger partial charge on any atom is -0.340 e. The van der Waals surface area contributed by atoms with E-state index in [2.05, 4.69) is 9.62 Å². The van der Waals surface area contributed by atoms with Crippen LogP contribution in [0, 0.1) is 11.8 Å². The van der Waals surface area contributed by atoms with Crippen molar-refractivity contribution in [2.24, 2.45) is 11.8 Å². The highest BCUT2D eigenvalue weighted by Crippen LogP contribution is 2.36. The lowest BCUT2D eigenvalue weighted by atomic mass is 9.90. The summed E-state index contributed by atoms with van der Waals surface area (Å²) in [5.41, 5.74) is 0. The number of piperidine rings is 1. The van der Waals surface area contributed by atoms with E-state index in [1.54, 1.807) is 0 Å². The molecule has 9 nitrogen and oxygen atoms in total. The zero-order chi connectivity index (χ0) is 27.3. The van der Waals surface area contributed by atoms with Crippen molar-refractivity contribution in [3.8, 4) is 0 Å². The van der Waals surface area contributed by atoms with Crippen molar-refractivity contribution in [2.45, 2.75) is 62.6 Å². The van der Waals surface area contributed by atoms with Gasteiger partial charge in [0.2, 0.25) is 21.8 Å². The van der Waals surface area contributed by atoms with Gasteiger partial charge in [-0.1, -0.05) is 19.4 Å². The van der Waals surface area contributed by atoms with Gasteiger partial charge in [0, 0.05) is 61.9 Å². The number of ketones is 1. The van der Waals surface area contributed by atoms with E-state index in [0.717, 1.165) is 62.3 Å². The Balaban J connectivity index is 1.28. The zero-order valence-corrected chi connectivity index (χ0v) is 24.4. The summed E-state index contributed by atoms with van der Waals surface area (Å²) >= 11 is 7.43. The van der Waals surface area contributed by atoms with E-state index in [9.17, 15) is 22.8 Å². The van der Waals surface area contributed by atoms with Gasteiger partial charge in [-0.2, -0.15) is 4.72 Å². The fraction of sp³-hybridized carbons (Fsp3) is 0.731. The fourth-order valence-electron chi connectivity index (χ4n) is 5.88. The van der Waals surface area contributed by atoms with E-state index in [0.29, 0.717) is 32.2 Å². The maximum atomic E-state index is 13.3. The minimum absolute atomic E-state index is 0.0352. The van der Waals surface area contributed by atoms with Gasteiger partial charge in [0.05, 0.1) is 11.3 Å². The Kier molecular flexibility index (Phi) is 10.4. The summed E-state index contributed by atoms with van der Waals surface area (Å²) in [7, 11) is -3.81. The summed E-state index contributed by atoms with van der Waals surface area (Å²) in [6, 6.07) is -0.862. The second-order valence-electron chi connectivity index (χ2n) is 10.6. The lowest BCUT2D eigenvalue weighted by Crippen LogP contribution is -2.53. The molecule has 4 rings (SSSR count). The van der Waals surface area contributed by atoms with Gasteiger partial charge >= 0.3 is 0 Å². The molecule has 3 aliphatic heterocycles. The van der Waals surface area contributed by atoms with Crippen LogP contribution in [0.15, 0.2) is 22.5 Å². The number of allylic oxidation sites excluding steroid dienone is 2. The van der Waals surface area contributed by atoms with Crippen LogP contribution in [0.25, 0.3) is 0 Å². The van der Waals surface area contributed by atoms with Gasteiger partial charge in [0.1, 0.15) is 6.04 Å². The van der Waals surface area contributed by atoms with Crippen molar-refractivity contribution >= 4 is 51.0 Å². The number of alkyl halides is 1. The molecule has 0 aromatic rings. The van der Waals surface area contributed by atoms with Crippen molar-refractivity contribution in [3.63, 3.8) is 0 Å². The monoisotopic (exact) mass is 586 g/mol. The fourth-order valence-corrected chi connectivity index (χ4v) is 8.21. The number of sulfonamides is 1. The second-order valence-corrected chi connectivity index (χ2v) is 14.2. The third-order valence-electron chi connectivity index (χ3n) is 7.96. The van der Waals surface area contributed by atoms with Crippen LogP contribution >= 0.6 is 23.4 Å². The third kappa shape index (κ3) is 7.84. The highest BCUT2D eigenvalue weighted by molar-refractivity contribution is 8.05. The van der Waals surface area contributed by atoms with E-state index in [1.165, 1.54) is 22.7 Å². The molecular formula is C26H39ClN4O5S2. The van der Waals surface area contributed by atoms with Crippen molar-refractivity contribution in [1.29, 1.82) is 0 Å². The molecule has 4 aliphatic rings. The summed E-state index contributed by atoms with van der Waals surface area (Å²) in [5.74, 6) is 0.107. The summed E-state index contributed by atoms with van der Waals surface area (Å²) in [4.78, 5) is 45.0. The molecular weight excluding hydrogens is 548 g/mol. The molecule has 4 atom stereocenters. The molecule has 12 heteroatoms. The lowest BCUT2D eigenvalue weighted by molar-refractivity contribution is -0.140. The maximum absolute atomic E-state index is 13.3. The van der Waals surface area contributed by atoms with Gasteiger partial charge in [-0.3, -0.25) is 19.3 Å². The Morgan fingerprint density at radius 2 is 1.89 bits per heavy atom. The van der Waals surface area contributed by atoms with Crippen molar-refractivity contribution in [1.82, 2.24) is 19.4 Å². The molecule has 0 aromatic heterocycles. The van der Waals surface area contributed by atoms with Gasteiger partial charge in [-0.15, -0.1) is 23.4 Å². The maximum Gasteiger partial charge on any atom is 0.241 e. The van der Waals surface area contributed by atoms with Crippen LogP contribution in [0.4, 0.5) is 0 Å². The number of carbonyl (C=O) groups is 3. The number of rotatable bonds is 10. The van der Waals surface area contributed by atoms with E-state index in [4.69, 9.17) is 11.6 Å². The van der Waals surface area contributed by atoms with Crippen molar-refractivity contribution in [3.05, 3.63) is 22.5 Å². The first-order valence-corrected chi connectivity index (χ1v) is 16.5. The molecule has 2 saturated heterocycles. The van der Waals surface area contributed by atoms with Gasteiger partial charge in [-0.25, -0.2) is 8.42 Å². The smallest absolute Gasteiger partial charge is 0.241 e. The molecule has 38 heavy (non-hydrogen) atoms. The molecule has 2 amide bonds. The Labute approximate surface area is 235 Å². The second kappa shape index (κ2) is 13.3. The van der Waals surface area contributed by atoms with Crippen LogP contribution in [0.3, 0.4) is 0 Å². The number of piperazine rings is 1. The standard InChI is InChI=1S/C26H39ClN4O5S2/c1-2-25(33)30-14-12-29(13-15-30)17-19-5-3-6-21(19)23(32)18-31-11-4-7-22(26(31)34)28-38(35,36)16-10-20-8-9-24(27)37-20/h8,10,16,19,21-22,24,28H,2-7,9,11-15,17-18H2,1H3/b16-10+/t19-,21?,22-,24?/m0/s1. The SMILES string of the molecule is CCC(=O)N1CCN(C[C@@H]2CCCC2C(=O)CN2CCC[C@H](NS(=O)(=O)/C=C/C3=CCC(Cl)S3)C2=O)CC1. The number of hydrogen-bond donors (Lipinski definition) is 1. The van der Waals surface area contributed by atoms with Crippen LogP contribution in [-0.4, -0.2) is 97.3 Å². The largest absolute Gasteiger partial charge is 0.340 e. The van der Waals surface area contributed by atoms with Crippen LogP contribution in [0.1, 0.15) is 51.9 Å². The average Bonchev–Trinajstić information content (AvgIpc) is 3.54. The molecule has 2 unspecified atom stereocenters. The number of thioether (sulfide) groups is 1. The number of likely N-dealkylation sites (tertiary alicyclic amines) is 1. The number of amides is 2. The van der Waals surface area contributed by atoms with Crippen LogP contribution in [0.2, 0.25) is 0 Å². The molecule has 0 radical (unpaired) electrons. The molecule has 3 heterocycles. The Morgan fingerprint density at radius 1 is 1.13 bits per heavy atom. The van der Waals surface area contributed by atoms with E-state index in [1.807, 2.05) is 17.9 Å². The van der Waals surface area contributed by atoms with Gasteiger partial charge < -0.3 is 9.80 Å². The van der Waals surface area contributed by atoms with Gasteiger partial charge in [0.15, 0.2) is 5.78 Å². The predicted molar refractivity (Wildman–Crippen MR) is 150 cm³/mol. The number of nitrogens with zero attached hydrogens (tertiary/aromatic N) is 3. The molecule has 1 aliphatic carbocycles. The predicted octanol–water partition coefficient (Wildman–Crippen LogP) is 2.54. The van der Waals surface area contributed by atoms with Crippen LogP contribution < -0.4 is 4.72 Å². The Hall–Kier alpha value is -1.40. The summed E-state index contributed by atoms with van der Waals surface area (Å²) in [6.07, 6.45) is 8.47. The Bertz CT molecular complexity index is 1060. The highest BCUT2D eigenvalue weighted by Gasteiger charge is 2.38. The van der Waals surface area contributed by atoms with Crippen molar-refractivity contribution in [2.75, 3.05) is 45.8 Å². The lowest BCUT2D eigenvalue weighted by Gasteiger charge is -2.37. The van der Waals surface area contributed by atoms with Crippen LogP contribution in [-0.2, 0) is 24.4 Å². The molecule has 1 N–H and O–H groups in total. The first kappa shape index (κ1) is 29.6. The number of nitrogens with one attached hydrogen (secondary N) is 1. The molecule has 1 saturated carbocycles. The molecule has 0 spiro atoms. The molecule has 0 bridgehead atoms.